The van der Waals surface area contributed by atoms with Gasteiger partial charge in [-0.2, -0.15) is 0 Å². The van der Waals surface area contributed by atoms with Gasteiger partial charge < -0.3 is 0 Å². The minimum absolute atomic E-state index is 0.904. The lowest BCUT2D eigenvalue weighted by molar-refractivity contribution is 1.03. The highest BCUT2D eigenvalue weighted by atomic mass is 14.8. The fraction of sp³-hybridized carbons (Fsp3) is 0.0513. The number of nitrogens with zero attached hydrogens (tertiary/aromatic N) is 3. The molecule has 1 aromatic heterocycles. The van der Waals surface area contributed by atoms with E-state index in [9.17, 15) is 0 Å². The highest BCUT2D eigenvalue weighted by molar-refractivity contribution is 6.19. The van der Waals surface area contributed by atoms with Crippen molar-refractivity contribution in [1.82, 2.24) is 9.97 Å². The molecule has 0 N–H and O–H groups in total. The Morgan fingerprint density at radius 3 is 1.60 bits per heavy atom. The standard InChI is InChI=1S/C39H29N3/c1-3-26(25-40-2)36-30-15-7-9-17-32(30)37(33-18-10-8-16-31(33)36)27-21-23-29(24-22-27)39-38(28-13-5-4-6-14-28)41-34-19-11-12-20-35(34)42-39/h3-10,13-25H,1-2,11-12H2/b26-25+. The number of hydrogen-bond acceptors (Lipinski definition) is 3. The molecule has 0 bridgehead atoms. The van der Waals surface area contributed by atoms with E-state index < -0.39 is 0 Å². The van der Waals surface area contributed by atoms with Crippen LogP contribution in [0.4, 0.5) is 0 Å². The maximum absolute atomic E-state index is 5.14. The van der Waals surface area contributed by atoms with Crippen LogP contribution in [-0.2, 0) is 0 Å². The summed E-state index contributed by atoms with van der Waals surface area (Å²) in [4.78, 5) is 14.3. The van der Waals surface area contributed by atoms with Crippen LogP contribution in [0.3, 0.4) is 0 Å². The van der Waals surface area contributed by atoms with E-state index in [4.69, 9.17) is 9.97 Å². The summed E-state index contributed by atoms with van der Waals surface area (Å²) in [6.07, 6.45) is 10.0. The molecule has 5 aromatic carbocycles. The first-order valence-electron chi connectivity index (χ1n) is 14.2. The molecule has 200 valence electrons. The van der Waals surface area contributed by atoms with E-state index in [2.05, 4.69) is 128 Å². The van der Waals surface area contributed by atoms with Crippen LogP contribution >= 0.6 is 0 Å². The average molecular weight is 540 g/mol. The summed E-state index contributed by atoms with van der Waals surface area (Å²) in [5, 5.41) is 6.61. The molecule has 0 unspecified atom stereocenters. The lowest BCUT2D eigenvalue weighted by Gasteiger charge is -2.18. The Morgan fingerprint density at radius 1 is 0.595 bits per heavy atom. The van der Waals surface area contributed by atoms with Crippen LogP contribution in [0.1, 0.15) is 18.4 Å². The number of aliphatic imine (C=N–C) groups is 1. The predicted molar refractivity (Wildman–Crippen MR) is 178 cm³/mol. The highest BCUT2D eigenvalue weighted by Crippen LogP contribution is 2.42. The Bertz CT molecular complexity index is 2100. The van der Waals surface area contributed by atoms with Crippen molar-refractivity contribution >= 4 is 46.0 Å². The molecule has 0 spiro atoms. The molecular formula is C39H29N3. The van der Waals surface area contributed by atoms with Gasteiger partial charge in [-0.05, 0) is 57.8 Å². The number of benzene rings is 5. The molecule has 1 aliphatic rings. The van der Waals surface area contributed by atoms with Gasteiger partial charge >= 0.3 is 0 Å². The minimum Gasteiger partial charge on any atom is -0.272 e. The van der Waals surface area contributed by atoms with Crippen molar-refractivity contribution in [2.24, 2.45) is 4.99 Å². The third kappa shape index (κ3) is 4.36. The van der Waals surface area contributed by atoms with Crippen molar-refractivity contribution < 1.29 is 0 Å². The van der Waals surface area contributed by atoms with Gasteiger partial charge in [-0.3, -0.25) is 4.99 Å². The van der Waals surface area contributed by atoms with Gasteiger partial charge in [0.15, 0.2) is 0 Å². The molecule has 3 nitrogen and oxygen atoms in total. The Labute approximate surface area is 245 Å². The van der Waals surface area contributed by atoms with E-state index in [1.807, 2.05) is 12.1 Å². The molecule has 0 saturated heterocycles. The molecule has 3 heteroatoms. The second-order valence-electron chi connectivity index (χ2n) is 10.4. The lowest BCUT2D eigenvalue weighted by atomic mass is 9.86. The van der Waals surface area contributed by atoms with Crippen molar-refractivity contribution in [1.29, 1.82) is 0 Å². The largest absolute Gasteiger partial charge is 0.272 e. The zero-order chi connectivity index (χ0) is 28.5. The zero-order valence-electron chi connectivity index (χ0n) is 23.3. The number of hydrogen-bond donors (Lipinski definition) is 0. The summed E-state index contributed by atoms with van der Waals surface area (Å²) in [6, 6.07) is 36.3. The van der Waals surface area contributed by atoms with Gasteiger partial charge in [0.1, 0.15) is 0 Å². The Hall–Kier alpha value is -5.41. The average Bonchev–Trinajstić information content (AvgIpc) is 3.06. The van der Waals surface area contributed by atoms with E-state index in [0.29, 0.717) is 0 Å². The predicted octanol–water partition coefficient (Wildman–Crippen LogP) is 8.37. The maximum atomic E-state index is 5.14. The maximum Gasteiger partial charge on any atom is 0.0972 e. The second-order valence-corrected chi connectivity index (χ2v) is 10.4. The summed E-state index contributed by atoms with van der Waals surface area (Å²) >= 11 is 0. The fourth-order valence-electron chi connectivity index (χ4n) is 6.06. The summed E-state index contributed by atoms with van der Waals surface area (Å²) in [5.74, 6) is 0. The Balaban J connectivity index is 1.45. The van der Waals surface area contributed by atoms with Gasteiger partial charge in [-0.25, -0.2) is 9.97 Å². The Kier molecular flexibility index (Phi) is 6.61. The molecule has 0 aliphatic heterocycles. The van der Waals surface area contributed by atoms with Crippen molar-refractivity contribution in [3.63, 3.8) is 0 Å². The van der Waals surface area contributed by atoms with Gasteiger partial charge in [0.2, 0.25) is 0 Å². The lowest BCUT2D eigenvalue weighted by Crippen LogP contribution is -2.34. The van der Waals surface area contributed by atoms with Gasteiger partial charge in [0, 0.05) is 22.9 Å². The third-order valence-corrected chi connectivity index (χ3v) is 7.96. The Morgan fingerprint density at radius 2 is 1.07 bits per heavy atom. The fourth-order valence-corrected chi connectivity index (χ4v) is 6.06. The van der Waals surface area contributed by atoms with E-state index in [1.54, 1.807) is 6.20 Å². The van der Waals surface area contributed by atoms with Crippen LogP contribution in [0.25, 0.3) is 72.9 Å². The molecular weight excluding hydrogens is 510 g/mol. The van der Waals surface area contributed by atoms with Crippen molar-refractivity contribution in [2.45, 2.75) is 12.8 Å². The highest BCUT2D eigenvalue weighted by Gasteiger charge is 2.18. The van der Waals surface area contributed by atoms with Crippen LogP contribution < -0.4 is 10.7 Å². The van der Waals surface area contributed by atoms with Crippen LogP contribution in [-0.4, -0.2) is 16.7 Å². The molecule has 1 heterocycles. The number of aromatic nitrogens is 2. The quantitative estimate of drug-likeness (QED) is 0.121. The number of allylic oxidation sites excluding steroid dienone is 2. The molecule has 6 aromatic rings. The molecule has 42 heavy (non-hydrogen) atoms. The summed E-state index contributed by atoms with van der Waals surface area (Å²) in [7, 11) is 0. The van der Waals surface area contributed by atoms with E-state index in [0.717, 1.165) is 73.5 Å². The van der Waals surface area contributed by atoms with Crippen LogP contribution in [0.2, 0.25) is 0 Å². The number of fused-ring (bicyclic) bond motifs is 3. The van der Waals surface area contributed by atoms with Crippen molar-refractivity contribution in [2.75, 3.05) is 0 Å². The van der Waals surface area contributed by atoms with Crippen molar-refractivity contribution in [3.8, 4) is 33.6 Å². The molecule has 0 radical (unpaired) electrons. The molecule has 0 fully saturated rings. The van der Waals surface area contributed by atoms with Crippen LogP contribution in [0, 0.1) is 0 Å². The first-order valence-corrected chi connectivity index (χ1v) is 14.2. The monoisotopic (exact) mass is 539 g/mol. The van der Waals surface area contributed by atoms with Gasteiger partial charge in [-0.15, -0.1) is 0 Å². The van der Waals surface area contributed by atoms with Gasteiger partial charge in [0.05, 0.1) is 22.1 Å². The van der Waals surface area contributed by atoms with Crippen LogP contribution in [0.15, 0.2) is 127 Å². The third-order valence-electron chi connectivity index (χ3n) is 7.96. The summed E-state index contributed by atoms with van der Waals surface area (Å²) < 4.78 is 0. The smallest absolute Gasteiger partial charge is 0.0972 e. The number of rotatable bonds is 6. The first-order chi connectivity index (χ1) is 20.8. The van der Waals surface area contributed by atoms with Crippen molar-refractivity contribution in [3.05, 3.63) is 138 Å². The zero-order valence-corrected chi connectivity index (χ0v) is 23.3. The first kappa shape index (κ1) is 25.6. The van der Waals surface area contributed by atoms with E-state index in [-0.39, 0.29) is 0 Å². The second kappa shape index (κ2) is 10.9. The topological polar surface area (TPSA) is 38.1 Å². The molecule has 0 amide bonds. The minimum atomic E-state index is 0.904. The molecule has 0 atom stereocenters. The molecule has 7 rings (SSSR count). The molecule has 0 saturated carbocycles. The SMILES string of the molecule is C=C/C(=C\N=C)c1c2ccccc2c(-c2ccc(-c3nc4c(nc3-c3ccccc3)=CCCC=4)cc2)c2ccccc12. The van der Waals surface area contributed by atoms with Gasteiger partial charge in [-0.1, -0.05) is 128 Å². The van der Waals surface area contributed by atoms with Crippen LogP contribution in [0.5, 0.6) is 0 Å². The summed E-state index contributed by atoms with van der Waals surface area (Å²) in [5.41, 5.74) is 8.35. The van der Waals surface area contributed by atoms with Gasteiger partial charge in [0.25, 0.3) is 0 Å². The normalized spacial score (nSPS) is 12.8. The van der Waals surface area contributed by atoms with E-state index in [1.165, 1.54) is 16.3 Å². The molecule has 1 aliphatic carbocycles. The summed E-state index contributed by atoms with van der Waals surface area (Å²) in [6.45, 7) is 7.77. The van der Waals surface area contributed by atoms with E-state index >= 15 is 0 Å².